The molecule has 0 aliphatic rings. The number of ether oxygens (including phenoxy) is 1. The van der Waals surface area contributed by atoms with E-state index in [1.54, 1.807) is 42.5 Å². The van der Waals surface area contributed by atoms with E-state index in [1.165, 1.54) is 12.1 Å². The Bertz CT molecular complexity index is 715. The van der Waals surface area contributed by atoms with E-state index in [4.69, 9.17) is 16.3 Å². The summed E-state index contributed by atoms with van der Waals surface area (Å²) in [6, 6.07) is 13.0. The molecule has 1 N–H and O–H groups in total. The zero-order valence-corrected chi connectivity index (χ0v) is 14.9. The number of nitrogens with one attached hydrogen (secondary N) is 1. The maximum atomic E-state index is 13.0. The minimum Gasteiger partial charge on any atom is -0.360 e. The normalized spacial score (nSPS) is 13.1. The molecule has 0 aliphatic carbocycles. The largest absolute Gasteiger partial charge is 0.360 e. The summed E-state index contributed by atoms with van der Waals surface area (Å²) in [7, 11) is 0. The molecular formula is C20H21ClFNO2. The molecule has 2 aromatic carbocycles. The number of rotatable bonds is 8. The number of benzene rings is 2. The quantitative estimate of drug-likeness (QED) is 0.697. The number of hydrogen-bond donors (Lipinski definition) is 1. The van der Waals surface area contributed by atoms with Crippen molar-refractivity contribution in [3.05, 3.63) is 83.2 Å². The summed E-state index contributed by atoms with van der Waals surface area (Å²) in [6.07, 6.45) is 1.97. The van der Waals surface area contributed by atoms with Crippen molar-refractivity contribution in [2.75, 3.05) is 6.61 Å². The van der Waals surface area contributed by atoms with Crippen molar-refractivity contribution < 1.29 is 13.9 Å². The van der Waals surface area contributed by atoms with Crippen molar-refractivity contribution in [1.82, 2.24) is 5.32 Å². The van der Waals surface area contributed by atoms with Crippen LogP contribution in [-0.4, -0.2) is 12.5 Å². The van der Waals surface area contributed by atoms with Gasteiger partial charge in [0.25, 0.3) is 5.91 Å². The first kappa shape index (κ1) is 19.2. The van der Waals surface area contributed by atoms with Crippen LogP contribution in [0.5, 0.6) is 0 Å². The van der Waals surface area contributed by atoms with Crippen molar-refractivity contribution in [3.63, 3.8) is 0 Å². The molecule has 0 radical (unpaired) electrons. The molecule has 2 rings (SSSR count). The van der Waals surface area contributed by atoms with E-state index in [9.17, 15) is 9.18 Å². The van der Waals surface area contributed by atoms with E-state index in [2.05, 4.69) is 11.9 Å². The van der Waals surface area contributed by atoms with Crippen LogP contribution in [0.3, 0.4) is 0 Å². The molecule has 0 saturated heterocycles. The van der Waals surface area contributed by atoms with Gasteiger partial charge >= 0.3 is 0 Å². The van der Waals surface area contributed by atoms with Gasteiger partial charge in [-0.3, -0.25) is 4.79 Å². The Morgan fingerprint density at radius 1 is 1.24 bits per heavy atom. The summed E-state index contributed by atoms with van der Waals surface area (Å²) in [5.41, 5.74) is 0.325. The molecule has 0 bridgehead atoms. The van der Waals surface area contributed by atoms with Gasteiger partial charge in [0.05, 0.1) is 0 Å². The fourth-order valence-electron chi connectivity index (χ4n) is 2.65. The van der Waals surface area contributed by atoms with Gasteiger partial charge in [-0.25, -0.2) is 4.39 Å². The van der Waals surface area contributed by atoms with Gasteiger partial charge in [0.2, 0.25) is 0 Å². The third kappa shape index (κ3) is 4.68. The highest BCUT2D eigenvalue weighted by atomic mass is 35.5. The Morgan fingerprint density at radius 2 is 1.88 bits per heavy atom. The third-order valence-corrected chi connectivity index (χ3v) is 4.12. The molecule has 0 heterocycles. The first-order valence-electron chi connectivity index (χ1n) is 8.05. The fourth-order valence-corrected chi connectivity index (χ4v) is 2.77. The van der Waals surface area contributed by atoms with Crippen LogP contribution >= 0.6 is 11.6 Å². The second-order valence-corrected chi connectivity index (χ2v) is 6.01. The SMILES string of the molecule is C=CCC(OCC)(C(=O)NCc1ccc(F)cc1)c1ccc(Cl)cc1. The van der Waals surface area contributed by atoms with Crippen LogP contribution < -0.4 is 5.32 Å². The van der Waals surface area contributed by atoms with Crippen LogP contribution in [0.4, 0.5) is 4.39 Å². The number of carbonyl (C=O) groups is 1. The Kier molecular flexibility index (Phi) is 6.73. The Labute approximate surface area is 152 Å². The monoisotopic (exact) mass is 361 g/mol. The van der Waals surface area contributed by atoms with E-state index in [-0.39, 0.29) is 18.3 Å². The van der Waals surface area contributed by atoms with Crippen LogP contribution in [0.25, 0.3) is 0 Å². The van der Waals surface area contributed by atoms with Gasteiger partial charge in [-0.05, 0) is 42.3 Å². The lowest BCUT2D eigenvalue weighted by Gasteiger charge is -2.32. The molecule has 132 valence electrons. The molecule has 1 amide bonds. The molecule has 0 aliphatic heterocycles. The first-order valence-corrected chi connectivity index (χ1v) is 8.43. The minimum atomic E-state index is -1.18. The Morgan fingerprint density at radius 3 is 2.44 bits per heavy atom. The highest BCUT2D eigenvalue weighted by molar-refractivity contribution is 6.30. The second-order valence-electron chi connectivity index (χ2n) is 5.57. The summed E-state index contributed by atoms with van der Waals surface area (Å²) < 4.78 is 18.9. The third-order valence-electron chi connectivity index (χ3n) is 3.87. The Hall–Kier alpha value is -2.17. The van der Waals surface area contributed by atoms with Crippen molar-refractivity contribution in [3.8, 4) is 0 Å². The van der Waals surface area contributed by atoms with Gasteiger partial charge in [0.1, 0.15) is 5.82 Å². The zero-order valence-electron chi connectivity index (χ0n) is 14.1. The topological polar surface area (TPSA) is 38.3 Å². The molecule has 2 aromatic rings. The van der Waals surface area contributed by atoms with E-state index in [0.717, 1.165) is 5.56 Å². The van der Waals surface area contributed by atoms with Gasteiger partial charge in [-0.1, -0.05) is 41.9 Å². The summed E-state index contributed by atoms with van der Waals surface area (Å²) in [5, 5.41) is 3.46. The zero-order chi connectivity index (χ0) is 18.3. The first-order chi connectivity index (χ1) is 12.0. The van der Waals surface area contributed by atoms with Gasteiger partial charge < -0.3 is 10.1 Å². The van der Waals surface area contributed by atoms with Crippen molar-refractivity contribution >= 4 is 17.5 Å². The maximum Gasteiger partial charge on any atom is 0.257 e. The Balaban J connectivity index is 2.26. The standard InChI is InChI=1S/C20H21ClFNO2/c1-3-13-20(25-4-2,16-7-9-17(21)10-8-16)19(24)23-14-15-5-11-18(22)12-6-15/h3,5-12H,1,4,13-14H2,2H3,(H,23,24). The minimum absolute atomic E-state index is 0.276. The average Bonchev–Trinajstić information content (AvgIpc) is 2.61. The van der Waals surface area contributed by atoms with Gasteiger partial charge in [-0.15, -0.1) is 6.58 Å². The van der Waals surface area contributed by atoms with Crippen LogP contribution in [0.15, 0.2) is 61.2 Å². The summed E-state index contributed by atoms with van der Waals surface area (Å²) in [5.74, 6) is -0.590. The fraction of sp³-hybridized carbons (Fsp3) is 0.250. The van der Waals surface area contributed by atoms with Crippen LogP contribution in [0.1, 0.15) is 24.5 Å². The molecule has 25 heavy (non-hydrogen) atoms. The van der Waals surface area contributed by atoms with Crippen LogP contribution in [-0.2, 0) is 21.7 Å². The molecule has 1 unspecified atom stereocenters. The molecule has 5 heteroatoms. The number of halogens is 2. The molecule has 0 saturated carbocycles. The highest BCUT2D eigenvalue weighted by Crippen LogP contribution is 2.31. The number of amides is 1. The number of carbonyl (C=O) groups excluding carboxylic acids is 1. The van der Waals surface area contributed by atoms with Crippen LogP contribution in [0, 0.1) is 5.82 Å². The average molecular weight is 362 g/mol. The van der Waals surface area contributed by atoms with Gasteiger partial charge in [0, 0.05) is 24.6 Å². The molecular weight excluding hydrogens is 341 g/mol. The van der Waals surface area contributed by atoms with Crippen molar-refractivity contribution in [1.29, 1.82) is 0 Å². The van der Waals surface area contributed by atoms with Crippen molar-refractivity contribution in [2.24, 2.45) is 0 Å². The molecule has 0 fully saturated rings. The lowest BCUT2D eigenvalue weighted by Crippen LogP contribution is -2.46. The summed E-state index contributed by atoms with van der Waals surface area (Å²) >= 11 is 5.96. The van der Waals surface area contributed by atoms with Crippen molar-refractivity contribution in [2.45, 2.75) is 25.5 Å². The predicted octanol–water partition coefficient (Wildman–Crippen LogP) is 4.60. The smallest absolute Gasteiger partial charge is 0.257 e. The van der Waals surface area contributed by atoms with Gasteiger partial charge in [0.15, 0.2) is 5.60 Å². The predicted molar refractivity (Wildman–Crippen MR) is 97.8 cm³/mol. The number of hydrogen-bond acceptors (Lipinski definition) is 2. The van der Waals surface area contributed by atoms with E-state index >= 15 is 0 Å². The molecule has 3 nitrogen and oxygen atoms in total. The molecule has 0 aromatic heterocycles. The van der Waals surface area contributed by atoms with Crippen LogP contribution in [0.2, 0.25) is 5.02 Å². The maximum absolute atomic E-state index is 13.0. The summed E-state index contributed by atoms with van der Waals surface area (Å²) in [6.45, 7) is 6.23. The second kappa shape index (κ2) is 8.79. The lowest BCUT2D eigenvalue weighted by molar-refractivity contribution is -0.148. The van der Waals surface area contributed by atoms with Gasteiger partial charge in [-0.2, -0.15) is 0 Å². The van der Waals surface area contributed by atoms with E-state index in [1.807, 2.05) is 6.92 Å². The van der Waals surface area contributed by atoms with E-state index in [0.29, 0.717) is 23.6 Å². The summed E-state index contributed by atoms with van der Waals surface area (Å²) in [4.78, 5) is 13.0. The highest BCUT2D eigenvalue weighted by Gasteiger charge is 2.39. The van der Waals surface area contributed by atoms with E-state index < -0.39 is 5.60 Å². The lowest BCUT2D eigenvalue weighted by atomic mass is 9.88. The molecule has 0 spiro atoms. The molecule has 1 atom stereocenters.